The molecule has 1 aliphatic heterocycles. The van der Waals surface area contributed by atoms with Crippen molar-refractivity contribution in [3.8, 4) is 0 Å². The molecule has 1 saturated heterocycles. The molecule has 3 aromatic rings. The summed E-state index contributed by atoms with van der Waals surface area (Å²) in [5.41, 5.74) is 0.773. The van der Waals surface area contributed by atoms with Crippen LogP contribution in [0.5, 0.6) is 0 Å². The van der Waals surface area contributed by atoms with Gasteiger partial charge in [-0.15, -0.1) is 20.4 Å². The smallest absolute Gasteiger partial charge is 0.178 e. The van der Waals surface area contributed by atoms with E-state index in [1.807, 2.05) is 31.2 Å². The molecule has 1 atom stereocenters. The topological polar surface area (TPSA) is 75.3 Å². The molecule has 24 heavy (non-hydrogen) atoms. The Labute approximate surface area is 140 Å². The first-order valence-electron chi connectivity index (χ1n) is 8.17. The summed E-state index contributed by atoms with van der Waals surface area (Å²) in [4.78, 5) is 4.53. The molecule has 8 nitrogen and oxygen atoms in total. The van der Waals surface area contributed by atoms with Crippen LogP contribution in [0.4, 0.5) is 11.6 Å². The van der Waals surface area contributed by atoms with Crippen molar-refractivity contribution < 1.29 is 0 Å². The predicted octanol–water partition coefficient (Wildman–Crippen LogP) is 1.33. The summed E-state index contributed by atoms with van der Waals surface area (Å²) in [7, 11) is 2.10. The van der Waals surface area contributed by atoms with Crippen LogP contribution in [0, 0.1) is 6.92 Å². The van der Waals surface area contributed by atoms with Crippen molar-refractivity contribution in [1.29, 1.82) is 0 Å². The van der Waals surface area contributed by atoms with Crippen LogP contribution < -0.4 is 9.80 Å². The number of anilines is 2. The van der Waals surface area contributed by atoms with Gasteiger partial charge in [0.25, 0.3) is 0 Å². The highest BCUT2D eigenvalue weighted by Gasteiger charge is 2.25. The molecule has 0 aliphatic carbocycles. The van der Waals surface area contributed by atoms with Crippen LogP contribution in [-0.2, 0) is 0 Å². The molecule has 8 heteroatoms. The van der Waals surface area contributed by atoms with E-state index in [1.54, 1.807) is 10.7 Å². The quantitative estimate of drug-likeness (QED) is 0.719. The van der Waals surface area contributed by atoms with Crippen LogP contribution in [0.25, 0.3) is 5.65 Å². The van der Waals surface area contributed by atoms with Gasteiger partial charge in [-0.25, -0.2) is 0 Å². The van der Waals surface area contributed by atoms with E-state index in [9.17, 15) is 0 Å². The van der Waals surface area contributed by atoms with Crippen LogP contribution in [0.2, 0.25) is 0 Å². The Morgan fingerprint density at radius 3 is 2.92 bits per heavy atom. The highest BCUT2D eigenvalue weighted by molar-refractivity contribution is 5.47. The lowest BCUT2D eigenvalue weighted by Crippen LogP contribution is -2.47. The first-order valence-corrected chi connectivity index (χ1v) is 8.17. The van der Waals surface area contributed by atoms with E-state index in [-0.39, 0.29) is 0 Å². The van der Waals surface area contributed by atoms with Crippen molar-refractivity contribution >= 4 is 17.3 Å². The molecule has 0 radical (unpaired) electrons. The highest BCUT2D eigenvalue weighted by atomic mass is 15.4. The molecule has 4 heterocycles. The van der Waals surface area contributed by atoms with Gasteiger partial charge < -0.3 is 9.80 Å². The van der Waals surface area contributed by atoms with Gasteiger partial charge in [0.15, 0.2) is 17.3 Å². The van der Waals surface area contributed by atoms with E-state index in [0.29, 0.717) is 6.04 Å². The minimum atomic E-state index is 0.377. The summed E-state index contributed by atoms with van der Waals surface area (Å²) in [5, 5.41) is 21.1. The van der Waals surface area contributed by atoms with Crippen LogP contribution in [0.3, 0.4) is 0 Å². The molecule has 0 saturated carbocycles. The van der Waals surface area contributed by atoms with E-state index in [1.165, 1.54) is 0 Å². The van der Waals surface area contributed by atoms with Gasteiger partial charge in [0, 0.05) is 32.4 Å². The summed E-state index contributed by atoms with van der Waals surface area (Å²) in [6.45, 7) is 3.84. The van der Waals surface area contributed by atoms with Gasteiger partial charge >= 0.3 is 0 Å². The third kappa shape index (κ3) is 2.64. The monoisotopic (exact) mass is 324 g/mol. The predicted molar refractivity (Wildman–Crippen MR) is 91.2 cm³/mol. The fourth-order valence-electron chi connectivity index (χ4n) is 3.20. The lowest BCUT2D eigenvalue weighted by atomic mass is 10.0. The van der Waals surface area contributed by atoms with E-state index in [4.69, 9.17) is 0 Å². The third-order valence-corrected chi connectivity index (χ3v) is 4.59. The van der Waals surface area contributed by atoms with Crippen molar-refractivity contribution in [2.75, 3.05) is 29.9 Å². The Kier molecular flexibility index (Phi) is 3.72. The molecule has 1 fully saturated rings. The van der Waals surface area contributed by atoms with Crippen LogP contribution >= 0.6 is 0 Å². The first kappa shape index (κ1) is 14.8. The summed E-state index contributed by atoms with van der Waals surface area (Å²) >= 11 is 0. The second-order valence-corrected chi connectivity index (χ2v) is 6.14. The minimum absolute atomic E-state index is 0.377. The van der Waals surface area contributed by atoms with Crippen molar-refractivity contribution in [2.45, 2.75) is 25.8 Å². The maximum Gasteiger partial charge on any atom is 0.178 e. The van der Waals surface area contributed by atoms with Gasteiger partial charge in [-0.2, -0.15) is 9.61 Å². The lowest BCUT2D eigenvalue weighted by Gasteiger charge is -2.38. The zero-order chi connectivity index (χ0) is 16.5. The largest absolute Gasteiger partial charge is 0.353 e. The molecule has 1 unspecified atom stereocenters. The number of nitrogens with zero attached hydrogens (tertiary/aromatic N) is 8. The standard InChI is InChI=1S/C16H20N8/c1-12-18-20-15-7-8-16(21-24(12)15)22(2)13-5-4-10-23(11-13)14-6-3-9-17-19-14/h3,6-9,13H,4-5,10-11H2,1-2H3. The summed E-state index contributed by atoms with van der Waals surface area (Å²) in [6.07, 6.45) is 3.96. The Bertz CT molecular complexity index is 830. The first-order chi connectivity index (χ1) is 11.7. The van der Waals surface area contributed by atoms with Gasteiger partial charge in [0.05, 0.1) is 0 Å². The molecule has 1 aliphatic rings. The molecule has 4 rings (SSSR count). The van der Waals surface area contributed by atoms with Crippen LogP contribution in [0.15, 0.2) is 30.5 Å². The lowest BCUT2D eigenvalue weighted by molar-refractivity contribution is 0.481. The normalized spacial score (nSPS) is 18.1. The number of likely N-dealkylation sites (N-methyl/N-ethyl adjacent to an activating group) is 1. The fourth-order valence-corrected chi connectivity index (χ4v) is 3.20. The summed E-state index contributed by atoms with van der Waals surface area (Å²) < 4.78 is 1.79. The Morgan fingerprint density at radius 1 is 1.17 bits per heavy atom. The maximum absolute atomic E-state index is 4.68. The number of hydrogen-bond donors (Lipinski definition) is 0. The average molecular weight is 324 g/mol. The van der Waals surface area contributed by atoms with Crippen molar-refractivity contribution in [1.82, 2.24) is 30.0 Å². The zero-order valence-electron chi connectivity index (χ0n) is 13.9. The molecule has 0 N–H and O–H groups in total. The van der Waals surface area contributed by atoms with E-state index >= 15 is 0 Å². The van der Waals surface area contributed by atoms with Gasteiger partial charge in [-0.1, -0.05) is 0 Å². The highest BCUT2D eigenvalue weighted by Crippen LogP contribution is 2.23. The van der Waals surface area contributed by atoms with Gasteiger partial charge in [0.2, 0.25) is 0 Å². The zero-order valence-corrected chi connectivity index (χ0v) is 13.9. The summed E-state index contributed by atoms with van der Waals surface area (Å²) in [5.74, 6) is 2.66. The second-order valence-electron chi connectivity index (χ2n) is 6.14. The summed E-state index contributed by atoms with van der Waals surface area (Å²) in [6, 6.07) is 8.29. The van der Waals surface area contributed by atoms with Gasteiger partial charge in [0.1, 0.15) is 5.82 Å². The maximum atomic E-state index is 4.68. The molecule has 0 bridgehead atoms. The minimum Gasteiger partial charge on any atom is -0.353 e. The van der Waals surface area contributed by atoms with E-state index in [2.05, 4.69) is 42.3 Å². The molecular formula is C16H20N8. The average Bonchev–Trinajstić information content (AvgIpc) is 3.02. The fraction of sp³-hybridized carbons (Fsp3) is 0.438. The Hall–Kier alpha value is -2.77. The molecule has 124 valence electrons. The second kappa shape index (κ2) is 6.03. The Morgan fingerprint density at radius 2 is 2.08 bits per heavy atom. The van der Waals surface area contributed by atoms with E-state index in [0.717, 1.165) is 49.0 Å². The van der Waals surface area contributed by atoms with Gasteiger partial charge in [-0.3, -0.25) is 0 Å². The van der Waals surface area contributed by atoms with Crippen LogP contribution in [0.1, 0.15) is 18.7 Å². The number of aromatic nitrogens is 6. The SMILES string of the molecule is Cc1nnc2ccc(N(C)C3CCCN(c4cccnn4)C3)nn12. The number of piperidine rings is 1. The number of fused-ring (bicyclic) bond motifs is 1. The van der Waals surface area contributed by atoms with E-state index < -0.39 is 0 Å². The molecular weight excluding hydrogens is 304 g/mol. The Balaban J connectivity index is 1.56. The number of rotatable bonds is 3. The van der Waals surface area contributed by atoms with Crippen LogP contribution in [-0.4, -0.2) is 56.2 Å². The van der Waals surface area contributed by atoms with Crippen molar-refractivity contribution in [3.63, 3.8) is 0 Å². The van der Waals surface area contributed by atoms with Gasteiger partial charge in [-0.05, 0) is 44.0 Å². The molecule has 0 aromatic carbocycles. The van der Waals surface area contributed by atoms with Crippen molar-refractivity contribution in [3.05, 3.63) is 36.3 Å². The third-order valence-electron chi connectivity index (χ3n) is 4.59. The number of hydrogen-bond acceptors (Lipinski definition) is 7. The molecule has 0 spiro atoms. The molecule has 0 amide bonds. The number of aryl methyl sites for hydroxylation is 1. The molecule has 3 aromatic heterocycles. The van der Waals surface area contributed by atoms with Crippen molar-refractivity contribution in [2.24, 2.45) is 0 Å².